The minimum atomic E-state index is -2.72. The molecule has 0 spiro atoms. The third-order valence-corrected chi connectivity index (χ3v) is 15.1. The molecule has 4 aromatic carbocycles. The van der Waals surface area contributed by atoms with E-state index in [0.29, 0.717) is 26.0 Å². The fraction of sp³-hybridized carbons (Fsp3) is 0.479. The molecule has 0 unspecified atom stereocenters. The SMILES string of the molecule is CCOC(=O)CO[C@@H](C(=O)OC(C)(C)C)[C@@H](OCCCCO[Si](c1ccccc1)(c1ccccc1)C(C)(C)C)C(=O)N(C)CCCCCc1ccc2ccccc2c1. The molecule has 0 aliphatic rings. The molecule has 0 saturated heterocycles. The van der Waals surface area contributed by atoms with Crippen LogP contribution in [0.15, 0.2) is 103 Å². The van der Waals surface area contributed by atoms with Gasteiger partial charge in [-0.3, -0.25) is 4.79 Å². The van der Waals surface area contributed by atoms with Crippen molar-refractivity contribution in [1.29, 1.82) is 0 Å². The Morgan fingerprint density at radius 1 is 0.672 bits per heavy atom. The van der Waals surface area contributed by atoms with Gasteiger partial charge in [0.1, 0.15) is 12.2 Å². The van der Waals surface area contributed by atoms with Crippen LogP contribution < -0.4 is 10.4 Å². The quantitative estimate of drug-likeness (QED) is 0.0447. The number of nitrogens with zero attached hydrogens (tertiary/aromatic N) is 1. The van der Waals surface area contributed by atoms with Gasteiger partial charge in [-0.2, -0.15) is 0 Å². The Balaban J connectivity index is 1.44. The molecule has 4 rings (SSSR count). The molecule has 0 aliphatic heterocycles. The highest BCUT2D eigenvalue weighted by Gasteiger charge is 2.50. The Bertz CT molecular complexity index is 1830. The van der Waals surface area contributed by atoms with Crippen molar-refractivity contribution < 1.29 is 37.8 Å². The Kier molecular flexibility index (Phi) is 17.7. The molecular formula is C48H65NO8Si. The van der Waals surface area contributed by atoms with Crippen LogP contribution in [0.4, 0.5) is 0 Å². The Hall–Kier alpha value is -4.35. The summed E-state index contributed by atoms with van der Waals surface area (Å²) in [5.41, 5.74) is 0.415. The first kappa shape index (κ1) is 46.3. The number of rotatable bonds is 22. The lowest BCUT2D eigenvalue weighted by molar-refractivity contribution is -0.187. The Morgan fingerprint density at radius 2 is 1.28 bits per heavy atom. The van der Waals surface area contributed by atoms with E-state index in [2.05, 4.69) is 106 Å². The van der Waals surface area contributed by atoms with E-state index < -0.39 is 50.6 Å². The molecular weight excluding hydrogens is 747 g/mol. The second-order valence-corrected chi connectivity index (χ2v) is 21.1. The topological polar surface area (TPSA) is 101 Å². The monoisotopic (exact) mass is 811 g/mol. The number of fused-ring (bicyclic) bond motifs is 1. The van der Waals surface area contributed by atoms with Crippen molar-refractivity contribution in [2.45, 2.75) is 110 Å². The first-order chi connectivity index (χ1) is 27.7. The number of amides is 1. The van der Waals surface area contributed by atoms with Crippen LogP contribution in [-0.2, 0) is 44.2 Å². The van der Waals surface area contributed by atoms with Gasteiger partial charge in [0.25, 0.3) is 14.2 Å². The van der Waals surface area contributed by atoms with Crippen molar-refractivity contribution in [2.24, 2.45) is 0 Å². The maximum absolute atomic E-state index is 14.2. The Morgan fingerprint density at radius 3 is 1.88 bits per heavy atom. The van der Waals surface area contributed by atoms with E-state index in [-0.39, 0.29) is 18.3 Å². The van der Waals surface area contributed by atoms with Crippen molar-refractivity contribution in [1.82, 2.24) is 4.90 Å². The van der Waals surface area contributed by atoms with Gasteiger partial charge in [0.2, 0.25) is 0 Å². The molecule has 0 fully saturated rings. The van der Waals surface area contributed by atoms with E-state index in [1.165, 1.54) is 26.7 Å². The summed E-state index contributed by atoms with van der Waals surface area (Å²) in [5, 5.41) is 4.69. The predicted octanol–water partition coefficient (Wildman–Crippen LogP) is 8.04. The maximum Gasteiger partial charge on any atom is 0.339 e. The molecule has 0 radical (unpaired) electrons. The molecule has 0 aromatic heterocycles. The molecule has 0 N–H and O–H groups in total. The van der Waals surface area contributed by atoms with Crippen molar-refractivity contribution in [3.8, 4) is 0 Å². The van der Waals surface area contributed by atoms with Crippen LogP contribution in [0.1, 0.15) is 86.1 Å². The number of carbonyl (C=O) groups excluding carboxylic acids is 3. The fourth-order valence-electron chi connectivity index (χ4n) is 7.27. The highest BCUT2D eigenvalue weighted by Crippen LogP contribution is 2.37. The number of hydrogen-bond donors (Lipinski definition) is 0. The molecule has 9 nitrogen and oxygen atoms in total. The summed E-state index contributed by atoms with van der Waals surface area (Å²) in [7, 11) is -1.02. The average molecular weight is 812 g/mol. The number of benzene rings is 4. The van der Waals surface area contributed by atoms with E-state index in [9.17, 15) is 14.4 Å². The summed E-state index contributed by atoms with van der Waals surface area (Å²) in [6.07, 6.45) is 1.97. The first-order valence-electron chi connectivity index (χ1n) is 20.8. The first-order valence-corrected chi connectivity index (χ1v) is 22.7. The predicted molar refractivity (Wildman–Crippen MR) is 234 cm³/mol. The summed E-state index contributed by atoms with van der Waals surface area (Å²) in [5.74, 6) is -1.85. The molecule has 58 heavy (non-hydrogen) atoms. The average Bonchev–Trinajstić information content (AvgIpc) is 3.19. The van der Waals surface area contributed by atoms with Gasteiger partial charge in [-0.05, 0) is 91.5 Å². The smallest absolute Gasteiger partial charge is 0.339 e. The lowest BCUT2D eigenvalue weighted by Gasteiger charge is -2.43. The van der Waals surface area contributed by atoms with Crippen LogP contribution in [0.5, 0.6) is 0 Å². The van der Waals surface area contributed by atoms with E-state index in [0.717, 1.165) is 25.7 Å². The summed E-state index contributed by atoms with van der Waals surface area (Å²) < 4.78 is 30.0. The van der Waals surface area contributed by atoms with Gasteiger partial charge in [0.05, 0.1) is 6.61 Å². The zero-order valence-corrected chi connectivity index (χ0v) is 37.0. The van der Waals surface area contributed by atoms with Gasteiger partial charge in [-0.25, -0.2) is 9.59 Å². The number of carbonyl (C=O) groups is 3. The summed E-state index contributed by atoms with van der Waals surface area (Å²) in [6.45, 7) is 14.3. The normalized spacial score (nSPS) is 13.2. The van der Waals surface area contributed by atoms with Crippen molar-refractivity contribution in [3.05, 3.63) is 109 Å². The molecule has 0 saturated carbocycles. The van der Waals surface area contributed by atoms with Gasteiger partial charge in [0.15, 0.2) is 12.2 Å². The van der Waals surface area contributed by atoms with Gasteiger partial charge in [0, 0.05) is 26.8 Å². The molecule has 10 heteroatoms. The van der Waals surface area contributed by atoms with Crippen molar-refractivity contribution in [2.75, 3.05) is 40.0 Å². The van der Waals surface area contributed by atoms with E-state index >= 15 is 0 Å². The number of aryl methyl sites for hydroxylation is 1. The molecule has 2 atom stereocenters. The third kappa shape index (κ3) is 13.3. The van der Waals surface area contributed by atoms with Gasteiger partial charge < -0.3 is 28.3 Å². The molecule has 0 aliphatic carbocycles. The number of hydrogen-bond acceptors (Lipinski definition) is 8. The number of unbranched alkanes of at least 4 members (excludes halogenated alkanes) is 3. The zero-order valence-electron chi connectivity index (χ0n) is 36.0. The van der Waals surface area contributed by atoms with Crippen molar-refractivity contribution >= 4 is 47.3 Å². The summed E-state index contributed by atoms with van der Waals surface area (Å²) in [4.78, 5) is 41.8. The molecule has 314 valence electrons. The highest BCUT2D eigenvalue weighted by atomic mass is 28.4. The number of likely N-dealkylation sites (N-methyl/N-ethyl adjacent to an activating group) is 1. The lowest BCUT2D eigenvalue weighted by Crippen LogP contribution is -2.66. The number of esters is 2. The minimum absolute atomic E-state index is 0.151. The second kappa shape index (κ2) is 22.1. The lowest BCUT2D eigenvalue weighted by atomic mass is 10.0. The van der Waals surface area contributed by atoms with Crippen LogP contribution in [-0.4, -0.2) is 88.9 Å². The maximum atomic E-state index is 14.2. The van der Waals surface area contributed by atoms with Crippen LogP contribution in [0.25, 0.3) is 10.8 Å². The molecule has 0 bridgehead atoms. The standard InChI is InChI=1S/C48H65NO8Si/c1-9-53-42(50)36-55-44(46(52)57-47(2,3)4)43(45(51)49(8)32-20-12-13-23-37-30-31-38-24-18-19-25-39(38)35-37)54-33-21-22-34-56-58(48(5,6)7,40-26-14-10-15-27-40)41-28-16-11-17-29-41/h10-11,14-19,24-31,35,43-44H,9,12-13,20-23,32-34,36H2,1-8H3/t43-,44-/m1/s1. The van der Waals surface area contributed by atoms with E-state index in [4.69, 9.17) is 23.4 Å². The largest absolute Gasteiger partial charge is 0.464 e. The molecule has 4 aromatic rings. The highest BCUT2D eigenvalue weighted by molar-refractivity contribution is 6.99. The van der Waals surface area contributed by atoms with Crippen LogP contribution in [0.3, 0.4) is 0 Å². The Labute approximate surface area is 347 Å². The summed E-state index contributed by atoms with van der Waals surface area (Å²) in [6, 6.07) is 35.9. The number of ether oxygens (including phenoxy) is 4. The van der Waals surface area contributed by atoms with Crippen molar-refractivity contribution in [3.63, 3.8) is 0 Å². The molecule has 0 heterocycles. The minimum Gasteiger partial charge on any atom is -0.464 e. The third-order valence-electron chi connectivity index (χ3n) is 10.1. The molecule has 1 amide bonds. The fourth-order valence-corrected chi connectivity index (χ4v) is 11.9. The van der Waals surface area contributed by atoms with Crippen LogP contribution in [0, 0.1) is 0 Å². The summed E-state index contributed by atoms with van der Waals surface area (Å²) >= 11 is 0. The second-order valence-electron chi connectivity index (χ2n) is 16.8. The van der Waals surface area contributed by atoms with E-state index in [1.54, 1.807) is 39.6 Å². The van der Waals surface area contributed by atoms with Gasteiger partial charge >= 0.3 is 11.9 Å². The zero-order chi connectivity index (χ0) is 42.2. The van der Waals surface area contributed by atoms with E-state index in [1.807, 2.05) is 18.2 Å². The van der Waals surface area contributed by atoms with Gasteiger partial charge in [-0.1, -0.05) is 130 Å². The van der Waals surface area contributed by atoms with Gasteiger partial charge in [-0.15, -0.1) is 0 Å². The van der Waals surface area contributed by atoms with Crippen LogP contribution >= 0.6 is 0 Å². The van der Waals surface area contributed by atoms with Crippen LogP contribution in [0.2, 0.25) is 5.04 Å².